The van der Waals surface area contributed by atoms with Gasteiger partial charge in [-0.3, -0.25) is 4.79 Å². The average molecular weight is 240 g/mol. The van der Waals surface area contributed by atoms with Crippen molar-refractivity contribution >= 4 is 17.5 Å². The van der Waals surface area contributed by atoms with Crippen LogP contribution in [0.2, 0.25) is 0 Å². The second kappa shape index (κ2) is 4.64. The molecule has 15 heavy (non-hydrogen) atoms. The van der Waals surface area contributed by atoms with Crippen LogP contribution in [0.15, 0.2) is 0 Å². The first-order valence-corrected chi connectivity index (χ1v) is 5.56. The molecule has 0 aromatic rings. The van der Waals surface area contributed by atoms with Gasteiger partial charge in [-0.25, -0.2) is 8.78 Å². The molecule has 1 fully saturated rings. The lowest BCUT2D eigenvalue weighted by Gasteiger charge is -2.36. The van der Waals surface area contributed by atoms with Crippen LogP contribution in [0.5, 0.6) is 0 Å². The van der Waals surface area contributed by atoms with E-state index in [0.717, 1.165) is 6.92 Å². The van der Waals surface area contributed by atoms with Gasteiger partial charge in [-0.15, -0.1) is 11.6 Å². The predicted octanol–water partition coefficient (Wildman–Crippen LogP) is 2.51. The Morgan fingerprint density at radius 3 is 2.67 bits per heavy atom. The van der Waals surface area contributed by atoms with Gasteiger partial charge in [0.05, 0.1) is 0 Å². The van der Waals surface area contributed by atoms with Gasteiger partial charge in [-0.2, -0.15) is 0 Å². The van der Waals surface area contributed by atoms with Gasteiger partial charge in [-0.05, 0) is 26.7 Å². The molecule has 88 valence electrons. The maximum atomic E-state index is 13.1. The number of amides is 1. The van der Waals surface area contributed by atoms with Gasteiger partial charge < -0.3 is 4.90 Å². The molecule has 1 aliphatic rings. The van der Waals surface area contributed by atoms with Gasteiger partial charge in [0.1, 0.15) is 5.38 Å². The summed E-state index contributed by atoms with van der Waals surface area (Å²) in [7, 11) is 0. The van der Waals surface area contributed by atoms with Crippen molar-refractivity contribution in [3.63, 3.8) is 0 Å². The Labute approximate surface area is 93.6 Å². The molecule has 0 saturated carbocycles. The second-order valence-corrected chi connectivity index (χ2v) is 4.85. The molecule has 1 heterocycles. The number of carbonyl (C=O) groups excluding carboxylic acids is 1. The molecule has 0 radical (unpaired) electrons. The highest BCUT2D eigenvalue weighted by Crippen LogP contribution is 2.31. The van der Waals surface area contributed by atoms with Crippen LogP contribution in [0.3, 0.4) is 0 Å². The van der Waals surface area contributed by atoms with E-state index in [-0.39, 0.29) is 12.5 Å². The van der Waals surface area contributed by atoms with E-state index in [0.29, 0.717) is 19.4 Å². The summed E-state index contributed by atoms with van der Waals surface area (Å²) in [5, 5.41) is -0.630. The van der Waals surface area contributed by atoms with Crippen molar-refractivity contribution in [2.45, 2.75) is 38.0 Å². The Morgan fingerprint density at radius 2 is 2.20 bits per heavy atom. The fourth-order valence-electron chi connectivity index (χ4n) is 1.84. The normalized spacial score (nSPS) is 25.1. The molecule has 0 unspecified atom stereocenters. The molecular formula is C10H16ClF2NO. The summed E-state index contributed by atoms with van der Waals surface area (Å²) < 4.78 is 26.1. The number of halogens is 3. The number of carbonyl (C=O) groups is 1. The summed E-state index contributed by atoms with van der Waals surface area (Å²) in [6.07, 6.45) is 1.10. The highest BCUT2D eigenvalue weighted by molar-refractivity contribution is 6.30. The molecule has 0 N–H and O–H groups in total. The smallest absolute Gasteiger partial charge is 0.249 e. The summed E-state index contributed by atoms with van der Waals surface area (Å²) in [5.74, 6) is -3.69. The van der Waals surface area contributed by atoms with E-state index >= 15 is 0 Å². The van der Waals surface area contributed by atoms with Crippen LogP contribution >= 0.6 is 11.6 Å². The molecule has 0 spiro atoms. The molecular weight excluding hydrogens is 224 g/mol. The van der Waals surface area contributed by atoms with Crippen molar-refractivity contribution in [3.05, 3.63) is 0 Å². The van der Waals surface area contributed by atoms with E-state index in [1.54, 1.807) is 6.92 Å². The third-order valence-electron chi connectivity index (χ3n) is 2.79. The Balaban J connectivity index is 2.60. The number of likely N-dealkylation sites (tertiary alicyclic amines) is 1. The van der Waals surface area contributed by atoms with Crippen molar-refractivity contribution in [2.75, 3.05) is 13.1 Å². The number of alkyl halides is 3. The van der Waals surface area contributed by atoms with E-state index < -0.39 is 17.2 Å². The lowest BCUT2D eigenvalue weighted by molar-refractivity contribution is -0.136. The number of hydrogen-bond acceptors (Lipinski definition) is 1. The van der Waals surface area contributed by atoms with E-state index in [2.05, 4.69) is 0 Å². The van der Waals surface area contributed by atoms with Gasteiger partial charge >= 0.3 is 0 Å². The van der Waals surface area contributed by atoms with Crippen LogP contribution in [0.1, 0.15) is 26.7 Å². The molecule has 1 aliphatic heterocycles. The second-order valence-electron chi connectivity index (χ2n) is 4.20. The molecule has 5 heteroatoms. The maximum Gasteiger partial charge on any atom is 0.249 e. The SMILES string of the molecule is C[C@@H](Cl)C(=O)N1CCC[C@H](C(C)(F)F)C1. The van der Waals surface area contributed by atoms with Crippen LogP contribution < -0.4 is 0 Å². The van der Waals surface area contributed by atoms with Crippen LogP contribution in [0, 0.1) is 5.92 Å². The Hall–Kier alpha value is -0.380. The molecule has 0 bridgehead atoms. The van der Waals surface area contributed by atoms with E-state index in [9.17, 15) is 13.6 Å². The van der Waals surface area contributed by atoms with Crippen molar-refractivity contribution in [3.8, 4) is 0 Å². The standard InChI is InChI=1S/C10H16ClF2NO/c1-7(11)9(15)14-5-3-4-8(6-14)10(2,12)13/h7-8H,3-6H2,1-2H3/t7-,8+/m1/s1. The minimum Gasteiger partial charge on any atom is -0.341 e. The van der Waals surface area contributed by atoms with Crippen LogP contribution in [0.4, 0.5) is 8.78 Å². The lowest BCUT2D eigenvalue weighted by atomic mass is 9.92. The third kappa shape index (κ3) is 3.30. The highest BCUT2D eigenvalue weighted by Gasteiger charge is 2.38. The Kier molecular flexibility index (Phi) is 3.93. The van der Waals surface area contributed by atoms with Crippen LogP contribution in [0.25, 0.3) is 0 Å². The zero-order chi connectivity index (χ0) is 11.6. The van der Waals surface area contributed by atoms with Gasteiger partial charge in [0.25, 0.3) is 0 Å². The lowest BCUT2D eigenvalue weighted by Crippen LogP contribution is -2.46. The molecule has 0 aromatic heterocycles. The molecule has 1 amide bonds. The quantitative estimate of drug-likeness (QED) is 0.678. The Morgan fingerprint density at radius 1 is 1.60 bits per heavy atom. The minimum atomic E-state index is -2.71. The average Bonchev–Trinajstić information content (AvgIpc) is 2.15. The van der Waals surface area contributed by atoms with Gasteiger partial charge in [-0.1, -0.05) is 0 Å². The van der Waals surface area contributed by atoms with Gasteiger partial charge in [0.2, 0.25) is 11.8 Å². The molecule has 0 aromatic carbocycles. The van der Waals surface area contributed by atoms with Crippen molar-refractivity contribution in [1.82, 2.24) is 4.90 Å². The van der Waals surface area contributed by atoms with Gasteiger partial charge in [0, 0.05) is 19.0 Å². The summed E-state index contributed by atoms with van der Waals surface area (Å²) in [6, 6.07) is 0. The van der Waals surface area contributed by atoms with Crippen molar-refractivity contribution < 1.29 is 13.6 Å². The molecule has 0 aliphatic carbocycles. The summed E-state index contributed by atoms with van der Waals surface area (Å²) in [4.78, 5) is 13.0. The first-order valence-electron chi connectivity index (χ1n) is 5.13. The summed E-state index contributed by atoms with van der Waals surface area (Å²) >= 11 is 5.64. The fraction of sp³-hybridized carbons (Fsp3) is 0.900. The molecule has 1 saturated heterocycles. The first-order chi connectivity index (χ1) is 6.82. The molecule has 2 nitrogen and oxygen atoms in total. The van der Waals surface area contributed by atoms with E-state index in [1.165, 1.54) is 4.90 Å². The topological polar surface area (TPSA) is 20.3 Å². The summed E-state index contributed by atoms with van der Waals surface area (Å²) in [5.41, 5.74) is 0. The predicted molar refractivity (Wildman–Crippen MR) is 55.2 cm³/mol. The molecule has 2 atom stereocenters. The van der Waals surface area contributed by atoms with Crippen LogP contribution in [-0.2, 0) is 4.79 Å². The van der Waals surface area contributed by atoms with Crippen molar-refractivity contribution in [1.29, 1.82) is 0 Å². The highest BCUT2D eigenvalue weighted by atomic mass is 35.5. The number of nitrogens with zero attached hydrogens (tertiary/aromatic N) is 1. The minimum absolute atomic E-state index is 0.124. The molecule has 1 rings (SSSR count). The van der Waals surface area contributed by atoms with E-state index in [1.807, 2.05) is 0 Å². The van der Waals surface area contributed by atoms with E-state index in [4.69, 9.17) is 11.6 Å². The maximum absolute atomic E-state index is 13.1. The number of piperidine rings is 1. The number of hydrogen-bond donors (Lipinski definition) is 0. The van der Waals surface area contributed by atoms with Crippen molar-refractivity contribution in [2.24, 2.45) is 5.92 Å². The zero-order valence-electron chi connectivity index (χ0n) is 8.97. The van der Waals surface area contributed by atoms with Gasteiger partial charge in [0.15, 0.2) is 0 Å². The summed E-state index contributed by atoms with van der Waals surface area (Å²) in [6.45, 7) is 3.15. The van der Waals surface area contributed by atoms with Crippen LogP contribution in [-0.4, -0.2) is 35.2 Å². The third-order valence-corrected chi connectivity index (χ3v) is 2.98. The monoisotopic (exact) mass is 239 g/mol. The first kappa shape index (κ1) is 12.7. The zero-order valence-corrected chi connectivity index (χ0v) is 9.73. The number of rotatable bonds is 2. The largest absolute Gasteiger partial charge is 0.341 e. The fourth-order valence-corrected chi connectivity index (χ4v) is 1.98. The Bertz CT molecular complexity index is 240.